The average molecular weight is 447 g/mol. The number of nitrogens with two attached hydrogens (primary N) is 1. The lowest BCUT2D eigenvalue weighted by Crippen LogP contribution is -2.49. The summed E-state index contributed by atoms with van der Waals surface area (Å²) in [5, 5.41) is 0. The van der Waals surface area contributed by atoms with E-state index in [1.54, 1.807) is 6.07 Å². The van der Waals surface area contributed by atoms with Crippen molar-refractivity contribution >= 4 is 28.7 Å². The Morgan fingerprint density at radius 1 is 1.19 bits per heavy atom. The highest BCUT2D eigenvalue weighted by Crippen LogP contribution is 2.47. The molecular formula is C21H17F4N5O2. The number of nitrogens with one attached hydrogen (secondary N) is 1. The Labute approximate surface area is 178 Å². The molecule has 0 bridgehead atoms. The van der Waals surface area contributed by atoms with Gasteiger partial charge in [0.25, 0.3) is 18.2 Å². The van der Waals surface area contributed by atoms with E-state index in [2.05, 4.69) is 9.97 Å². The Kier molecular flexibility index (Phi) is 4.40. The molecule has 2 aliphatic heterocycles. The van der Waals surface area contributed by atoms with Crippen LogP contribution in [-0.2, 0) is 16.9 Å². The van der Waals surface area contributed by atoms with E-state index in [4.69, 9.17) is 5.73 Å². The van der Waals surface area contributed by atoms with Gasteiger partial charge in [0.05, 0.1) is 24.1 Å². The minimum Gasteiger partial charge on any atom is -0.381 e. The fourth-order valence-electron chi connectivity index (χ4n) is 4.69. The molecule has 0 aliphatic carbocycles. The van der Waals surface area contributed by atoms with Gasteiger partial charge in [-0.05, 0) is 18.2 Å². The molecule has 7 nitrogen and oxygen atoms in total. The third kappa shape index (κ3) is 2.84. The van der Waals surface area contributed by atoms with Gasteiger partial charge in [-0.1, -0.05) is 6.07 Å². The molecule has 1 spiro atoms. The van der Waals surface area contributed by atoms with Crippen molar-refractivity contribution in [3.8, 4) is 0 Å². The lowest BCUT2D eigenvalue weighted by molar-refractivity contribution is -0.138. The van der Waals surface area contributed by atoms with Crippen LogP contribution < -0.4 is 5.73 Å². The molecule has 2 aromatic heterocycles. The summed E-state index contributed by atoms with van der Waals surface area (Å²) in [5.74, 6) is -2.88. The molecule has 0 radical (unpaired) electrons. The SMILES string of the molecule is Nc1nc2cc(CN3C(=O)c4cc(F)ccc4C34CCN(CC(F)F)C4=O)[nH]c2cc1F. The van der Waals surface area contributed by atoms with Gasteiger partial charge in [0.15, 0.2) is 11.6 Å². The van der Waals surface area contributed by atoms with Crippen molar-refractivity contribution in [3.05, 3.63) is 58.8 Å². The van der Waals surface area contributed by atoms with Crippen LogP contribution in [0.5, 0.6) is 0 Å². The minimum atomic E-state index is -2.73. The van der Waals surface area contributed by atoms with Gasteiger partial charge in [-0.2, -0.15) is 0 Å². The summed E-state index contributed by atoms with van der Waals surface area (Å²) in [4.78, 5) is 35.8. The van der Waals surface area contributed by atoms with Crippen LogP contribution in [0.3, 0.4) is 0 Å². The first-order valence-electron chi connectivity index (χ1n) is 9.84. The number of fused-ring (bicyclic) bond motifs is 3. The molecule has 1 aromatic carbocycles. The topological polar surface area (TPSA) is 95.3 Å². The molecule has 2 aliphatic rings. The number of nitrogens with zero attached hydrogens (tertiary/aromatic N) is 3. The number of carbonyl (C=O) groups is 2. The van der Waals surface area contributed by atoms with Gasteiger partial charge in [-0.25, -0.2) is 22.5 Å². The standard InChI is InChI=1S/C21H17F4N5O2/c22-10-1-2-13-12(5-10)19(31)30(21(13)3-4-29(20(21)32)9-17(24)25)8-11-6-15-16(27-11)7-14(23)18(26)28-15/h1-2,5-7,17,27H,3-4,8-9H2,(H2,26,28). The van der Waals surface area contributed by atoms with Gasteiger partial charge in [0, 0.05) is 35.9 Å². The first kappa shape index (κ1) is 20.3. The van der Waals surface area contributed by atoms with Crippen molar-refractivity contribution in [2.75, 3.05) is 18.8 Å². The predicted molar refractivity (Wildman–Crippen MR) is 106 cm³/mol. The number of hydrogen-bond acceptors (Lipinski definition) is 4. The number of amides is 2. The Morgan fingerprint density at radius 3 is 2.72 bits per heavy atom. The zero-order chi connectivity index (χ0) is 22.8. The molecule has 3 N–H and O–H groups in total. The molecule has 1 saturated heterocycles. The fraction of sp³-hybridized carbons (Fsp3) is 0.286. The normalized spacial score (nSPS) is 20.4. The number of pyridine rings is 1. The lowest BCUT2D eigenvalue weighted by atomic mass is 9.87. The molecule has 1 fully saturated rings. The molecule has 1 atom stereocenters. The van der Waals surface area contributed by atoms with Crippen LogP contribution in [-0.4, -0.2) is 51.1 Å². The van der Waals surface area contributed by atoms with Crippen molar-refractivity contribution in [2.45, 2.75) is 24.9 Å². The third-order valence-electron chi connectivity index (χ3n) is 6.07. The maximum Gasteiger partial charge on any atom is 0.255 e. The summed E-state index contributed by atoms with van der Waals surface area (Å²) in [6.07, 6.45) is -2.64. The van der Waals surface area contributed by atoms with Gasteiger partial charge < -0.3 is 20.5 Å². The van der Waals surface area contributed by atoms with Crippen LogP contribution in [0, 0.1) is 11.6 Å². The molecule has 11 heteroatoms. The minimum absolute atomic E-state index is 0.0155. The fourth-order valence-corrected chi connectivity index (χ4v) is 4.69. The monoisotopic (exact) mass is 447 g/mol. The Balaban J connectivity index is 1.59. The molecule has 166 valence electrons. The number of rotatable bonds is 4. The van der Waals surface area contributed by atoms with Crippen LogP contribution in [0.15, 0.2) is 30.3 Å². The van der Waals surface area contributed by atoms with E-state index in [0.29, 0.717) is 16.7 Å². The highest BCUT2D eigenvalue weighted by atomic mass is 19.3. The number of halogens is 4. The lowest BCUT2D eigenvalue weighted by Gasteiger charge is -2.34. The second-order valence-electron chi connectivity index (χ2n) is 7.92. The number of anilines is 1. The number of aromatic amines is 1. The molecular weight excluding hydrogens is 430 g/mol. The Morgan fingerprint density at radius 2 is 1.97 bits per heavy atom. The molecule has 32 heavy (non-hydrogen) atoms. The number of likely N-dealkylation sites (tertiary alicyclic amines) is 1. The van der Waals surface area contributed by atoms with Crippen molar-refractivity contribution in [3.63, 3.8) is 0 Å². The zero-order valence-corrected chi connectivity index (χ0v) is 16.5. The molecule has 1 unspecified atom stereocenters. The summed E-state index contributed by atoms with van der Waals surface area (Å²) < 4.78 is 53.7. The number of aromatic nitrogens is 2. The van der Waals surface area contributed by atoms with E-state index < -0.39 is 42.0 Å². The first-order chi connectivity index (χ1) is 15.2. The number of benzene rings is 1. The summed E-state index contributed by atoms with van der Waals surface area (Å²) >= 11 is 0. The number of nitrogen functional groups attached to an aromatic ring is 1. The predicted octanol–water partition coefficient (Wildman–Crippen LogP) is 2.77. The maximum atomic E-state index is 13.9. The number of carbonyl (C=O) groups excluding carboxylic acids is 2. The van der Waals surface area contributed by atoms with Crippen LogP contribution in [0.2, 0.25) is 0 Å². The summed E-state index contributed by atoms with van der Waals surface area (Å²) in [7, 11) is 0. The van der Waals surface area contributed by atoms with E-state index in [9.17, 15) is 27.2 Å². The second-order valence-corrected chi connectivity index (χ2v) is 7.92. The Bertz CT molecular complexity index is 1240. The summed E-state index contributed by atoms with van der Waals surface area (Å²) in [6, 6.07) is 6.27. The smallest absolute Gasteiger partial charge is 0.255 e. The highest BCUT2D eigenvalue weighted by molar-refractivity contribution is 6.07. The van der Waals surface area contributed by atoms with E-state index in [1.807, 2.05) is 0 Å². The quantitative estimate of drug-likeness (QED) is 0.602. The Hall–Kier alpha value is -3.63. The third-order valence-corrected chi connectivity index (χ3v) is 6.07. The van der Waals surface area contributed by atoms with Crippen LogP contribution >= 0.6 is 0 Å². The van der Waals surface area contributed by atoms with Crippen LogP contribution in [0.25, 0.3) is 11.0 Å². The van der Waals surface area contributed by atoms with E-state index in [0.717, 1.165) is 23.1 Å². The van der Waals surface area contributed by atoms with Crippen molar-refractivity contribution in [1.29, 1.82) is 0 Å². The number of H-pyrrole nitrogens is 1. The molecule has 3 aromatic rings. The number of hydrogen-bond donors (Lipinski definition) is 2. The van der Waals surface area contributed by atoms with E-state index in [-0.39, 0.29) is 36.5 Å². The summed E-state index contributed by atoms with van der Waals surface area (Å²) in [5.41, 5.74) is 5.42. The van der Waals surface area contributed by atoms with Crippen molar-refractivity contribution in [1.82, 2.24) is 19.8 Å². The average Bonchev–Trinajstić information content (AvgIpc) is 3.33. The second kappa shape index (κ2) is 6.94. The molecule has 4 heterocycles. The number of alkyl halides is 2. The zero-order valence-electron chi connectivity index (χ0n) is 16.5. The largest absolute Gasteiger partial charge is 0.381 e. The maximum absolute atomic E-state index is 13.9. The van der Waals surface area contributed by atoms with Crippen LogP contribution in [0.1, 0.15) is 28.0 Å². The van der Waals surface area contributed by atoms with E-state index in [1.165, 1.54) is 11.0 Å². The van der Waals surface area contributed by atoms with Gasteiger partial charge in [-0.15, -0.1) is 0 Å². The first-order valence-corrected chi connectivity index (χ1v) is 9.84. The van der Waals surface area contributed by atoms with Gasteiger partial charge >= 0.3 is 0 Å². The van der Waals surface area contributed by atoms with Crippen molar-refractivity contribution in [2.24, 2.45) is 0 Å². The van der Waals surface area contributed by atoms with Gasteiger partial charge in [0.1, 0.15) is 11.4 Å². The van der Waals surface area contributed by atoms with Gasteiger partial charge in [-0.3, -0.25) is 9.59 Å². The van der Waals surface area contributed by atoms with E-state index >= 15 is 0 Å². The van der Waals surface area contributed by atoms with Crippen LogP contribution in [0.4, 0.5) is 23.4 Å². The highest BCUT2D eigenvalue weighted by Gasteiger charge is 2.59. The van der Waals surface area contributed by atoms with Gasteiger partial charge in [0.2, 0.25) is 0 Å². The van der Waals surface area contributed by atoms with Crippen molar-refractivity contribution < 1.29 is 27.2 Å². The molecule has 2 amide bonds. The molecule has 5 rings (SSSR count). The summed E-state index contributed by atoms with van der Waals surface area (Å²) in [6.45, 7) is -0.852. The molecule has 0 saturated carbocycles.